The van der Waals surface area contributed by atoms with Crippen molar-refractivity contribution in [3.05, 3.63) is 35.4 Å². The molecule has 1 heterocycles. The first-order valence-electron chi connectivity index (χ1n) is 6.32. The Kier molecular flexibility index (Phi) is 3.99. The number of carbonyl (C=O) groups is 1. The molecule has 98 valence electrons. The normalized spacial score (nSPS) is 20.7. The Morgan fingerprint density at radius 3 is 2.89 bits per heavy atom. The van der Waals surface area contributed by atoms with Gasteiger partial charge in [-0.3, -0.25) is 9.69 Å². The first kappa shape index (κ1) is 13.1. The Balaban J connectivity index is 2.23. The van der Waals surface area contributed by atoms with E-state index >= 15 is 0 Å². The van der Waals surface area contributed by atoms with Gasteiger partial charge in [0, 0.05) is 45.3 Å². The van der Waals surface area contributed by atoms with E-state index in [4.69, 9.17) is 0 Å². The van der Waals surface area contributed by atoms with Crippen LogP contribution in [0.2, 0.25) is 0 Å². The molecule has 0 aromatic heterocycles. The van der Waals surface area contributed by atoms with Gasteiger partial charge in [-0.1, -0.05) is 12.1 Å². The summed E-state index contributed by atoms with van der Waals surface area (Å²) in [6, 6.07) is 8.31. The second-order valence-corrected chi connectivity index (χ2v) is 5.03. The average molecular weight is 247 g/mol. The van der Waals surface area contributed by atoms with E-state index in [1.54, 1.807) is 19.0 Å². The molecule has 0 saturated carbocycles. The first-order valence-corrected chi connectivity index (χ1v) is 6.32. The zero-order valence-corrected chi connectivity index (χ0v) is 11.3. The van der Waals surface area contributed by atoms with Gasteiger partial charge in [-0.2, -0.15) is 0 Å². The molecule has 1 fully saturated rings. The summed E-state index contributed by atoms with van der Waals surface area (Å²) in [5.74, 6) is 0.0586. The Labute approximate surface area is 109 Å². The average Bonchev–Trinajstić information content (AvgIpc) is 2.38. The predicted molar refractivity (Wildman–Crippen MR) is 72.7 cm³/mol. The van der Waals surface area contributed by atoms with Crippen molar-refractivity contribution in [3.63, 3.8) is 0 Å². The van der Waals surface area contributed by atoms with Crippen molar-refractivity contribution in [3.8, 4) is 0 Å². The molecule has 1 aliphatic heterocycles. The maximum absolute atomic E-state index is 12.0. The van der Waals surface area contributed by atoms with Gasteiger partial charge in [0.2, 0.25) is 0 Å². The van der Waals surface area contributed by atoms with Crippen molar-refractivity contribution in [1.82, 2.24) is 15.1 Å². The molecule has 0 unspecified atom stereocenters. The zero-order valence-electron chi connectivity index (χ0n) is 11.3. The van der Waals surface area contributed by atoms with Gasteiger partial charge in [0.15, 0.2) is 0 Å². The van der Waals surface area contributed by atoms with Crippen LogP contribution in [0.5, 0.6) is 0 Å². The van der Waals surface area contributed by atoms with Gasteiger partial charge in [0.05, 0.1) is 0 Å². The molecule has 2 rings (SSSR count). The van der Waals surface area contributed by atoms with Crippen molar-refractivity contribution in [1.29, 1.82) is 0 Å². The monoisotopic (exact) mass is 247 g/mol. The maximum atomic E-state index is 12.0. The summed E-state index contributed by atoms with van der Waals surface area (Å²) < 4.78 is 0. The number of piperazine rings is 1. The summed E-state index contributed by atoms with van der Waals surface area (Å²) in [5.41, 5.74) is 1.97. The van der Waals surface area contributed by atoms with Crippen molar-refractivity contribution in [2.24, 2.45) is 0 Å². The third kappa shape index (κ3) is 2.71. The number of hydrogen-bond acceptors (Lipinski definition) is 3. The molecule has 4 heteroatoms. The first-order chi connectivity index (χ1) is 8.59. The summed E-state index contributed by atoms with van der Waals surface area (Å²) in [6.07, 6.45) is 0. The minimum absolute atomic E-state index is 0.0586. The molecule has 0 radical (unpaired) electrons. The fraction of sp³-hybridized carbons (Fsp3) is 0.500. The Bertz CT molecular complexity index is 431. The van der Waals surface area contributed by atoms with Crippen LogP contribution >= 0.6 is 0 Å². The third-order valence-corrected chi connectivity index (χ3v) is 3.44. The molecule has 1 aromatic carbocycles. The molecule has 0 bridgehead atoms. The van der Waals surface area contributed by atoms with Gasteiger partial charge >= 0.3 is 0 Å². The summed E-state index contributed by atoms with van der Waals surface area (Å²) in [4.78, 5) is 15.9. The minimum Gasteiger partial charge on any atom is -0.345 e. The minimum atomic E-state index is 0.0586. The Hall–Kier alpha value is -1.39. The van der Waals surface area contributed by atoms with E-state index in [1.807, 2.05) is 18.2 Å². The molecular formula is C14H21N3O. The third-order valence-electron chi connectivity index (χ3n) is 3.44. The number of benzene rings is 1. The Morgan fingerprint density at radius 2 is 2.22 bits per heavy atom. The molecule has 1 aliphatic rings. The van der Waals surface area contributed by atoms with Crippen molar-refractivity contribution < 1.29 is 4.79 Å². The van der Waals surface area contributed by atoms with Gasteiger partial charge in [-0.15, -0.1) is 0 Å². The highest BCUT2D eigenvalue weighted by Gasteiger charge is 2.21. The molecule has 1 saturated heterocycles. The number of likely N-dealkylation sites (N-methyl/N-ethyl adjacent to an activating group) is 1. The second kappa shape index (κ2) is 5.50. The summed E-state index contributed by atoms with van der Waals surface area (Å²) in [7, 11) is 5.69. The van der Waals surface area contributed by atoms with Crippen LogP contribution in [0.15, 0.2) is 24.3 Å². The molecule has 1 amide bonds. The lowest BCUT2D eigenvalue weighted by molar-refractivity contribution is 0.0827. The van der Waals surface area contributed by atoms with E-state index < -0.39 is 0 Å². The van der Waals surface area contributed by atoms with Crippen LogP contribution < -0.4 is 5.32 Å². The SMILES string of the molecule is CN(C)C(=O)c1cccc([C@H]2CNCCN2C)c1. The van der Waals surface area contributed by atoms with Crippen molar-refractivity contribution in [2.75, 3.05) is 40.8 Å². The van der Waals surface area contributed by atoms with Crippen LogP contribution in [-0.4, -0.2) is 56.5 Å². The van der Waals surface area contributed by atoms with E-state index in [-0.39, 0.29) is 5.91 Å². The lowest BCUT2D eigenvalue weighted by Crippen LogP contribution is -2.43. The van der Waals surface area contributed by atoms with Crippen LogP contribution in [-0.2, 0) is 0 Å². The topological polar surface area (TPSA) is 35.6 Å². The van der Waals surface area contributed by atoms with Crippen LogP contribution in [0, 0.1) is 0 Å². The fourth-order valence-electron chi connectivity index (χ4n) is 2.32. The van der Waals surface area contributed by atoms with E-state index in [1.165, 1.54) is 5.56 Å². The highest BCUT2D eigenvalue weighted by Crippen LogP contribution is 2.21. The molecule has 1 atom stereocenters. The zero-order chi connectivity index (χ0) is 13.1. The van der Waals surface area contributed by atoms with Crippen molar-refractivity contribution >= 4 is 5.91 Å². The highest BCUT2D eigenvalue weighted by molar-refractivity contribution is 5.94. The Morgan fingerprint density at radius 1 is 1.44 bits per heavy atom. The smallest absolute Gasteiger partial charge is 0.253 e. The lowest BCUT2D eigenvalue weighted by Gasteiger charge is -2.33. The molecule has 0 spiro atoms. The van der Waals surface area contributed by atoms with E-state index in [2.05, 4.69) is 23.3 Å². The quantitative estimate of drug-likeness (QED) is 0.845. The largest absolute Gasteiger partial charge is 0.345 e. The highest BCUT2D eigenvalue weighted by atomic mass is 16.2. The van der Waals surface area contributed by atoms with E-state index in [9.17, 15) is 4.79 Å². The number of amides is 1. The van der Waals surface area contributed by atoms with Crippen LogP contribution in [0.1, 0.15) is 22.0 Å². The van der Waals surface area contributed by atoms with Gasteiger partial charge < -0.3 is 10.2 Å². The van der Waals surface area contributed by atoms with Crippen LogP contribution in [0.4, 0.5) is 0 Å². The summed E-state index contributed by atoms with van der Waals surface area (Å²) >= 11 is 0. The fourth-order valence-corrected chi connectivity index (χ4v) is 2.32. The maximum Gasteiger partial charge on any atom is 0.253 e. The summed E-state index contributed by atoms with van der Waals surface area (Å²) in [6.45, 7) is 3.01. The number of nitrogens with one attached hydrogen (secondary N) is 1. The molecule has 1 aromatic rings. The number of nitrogens with zero attached hydrogens (tertiary/aromatic N) is 2. The molecule has 4 nitrogen and oxygen atoms in total. The predicted octanol–water partition coefficient (Wildman–Crippen LogP) is 0.964. The molecule has 1 N–H and O–H groups in total. The van der Waals surface area contributed by atoms with Crippen LogP contribution in [0.3, 0.4) is 0 Å². The van der Waals surface area contributed by atoms with E-state index in [0.29, 0.717) is 6.04 Å². The van der Waals surface area contributed by atoms with E-state index in [0.717, 1.165) is 25.2 Å². The number of carbonyl (C=O) groups excluding carboxylic acids is 1. The standard InChI is InChI=1S/C14H21N3O/c1-16(2)14(18)12-6-4-5-11(9-12)13-10-15-7-8-17(13)3/h4-6,9,13,15H,7-8,10H2,1-3H3/t13-/m1/s1. The molecule has 0 aliphatic carbocycles. The van der Waals surface area contributed by atoms with Gasteiger partial charge in [-0.25, -0.2) is 0 Å². The number of rotatable bonds is 2. The van der Waals surface area contributed by atoms with Gasteiger partial charge in [0.25, 0.3) is 5.91 Å². The van der Waals surface area contributed by atoms with Gasteiger partial charge in [0.1, 0.15) is 0 Å². The summed E-state index contributed by atoms with van der Waals surface area (Å²) in [5, 5.41) is 3.40. The molecular weight excluding hydrogens is 226 g/mol. The lowest BCUT2D eigenvalue weighted by atomic mass is 10.0. The molecule has 18 heavy (non-hydrogen) atoms. The van der Waals surface area contributed by atoms with Crippen LogP contribution in [0.25, 0.3) is 0 Å². The van der Waals surface area contributed by atoms with Crippen molar-refractivity contribution in [2.45, 2.75) is 6.04 Å². The van der Waals surface area contributed by atoms with Gasteiger partial charge in [-0.05, 0) is 24.7 Å². The second-order valence-electron chi connectivity index (χ2n) is 5.03. The number of hydrogen-bond donors (Lipinski definition) is 1.